The van der Waals surface area contributed by atoms with Crippen LogP contribution < -0.4 is 0 Å². The van der Waals surface area contributed by atoms with E-state index in [9.17, 15) is 24.9 Å². The third-order valence-electron chi connectivity index (χ3n) is 5.57. The van der Waals surface area contributed by atoms with Crippen LogP contribution in [0.15, 0.2) is 24.3 Å². The van der Waals surface area contributed by atoms with Crippen LogP contribution in [0.2, 0.25) is 0 Å². The van der Waals surface area contributed by atoms with E-state index in [0.717, 1.165) is 25.7 Å². The number of aromatic hydroxyl groups is 2. The molecule has 2 aliphatic rings. The largest absolute Gasteiger partial charge is 0.504 e. The summed E-state index contributed by atoms with van der Waals surface area (Å²) in [7, 11) is 0. The Morgan fingerprint density at radius 3 is 2.59 bits per heavy atom. The highest BCUT2D eigenvalue weighted by molar-refractivity contribution is 5.94. The van der Waals surface area contributed by atoms with Crippen molar-refractivity contribution in [2.24, 2.45) is 5.92 Å². The van der Waals surface area contributed by atoms with Crippen LogP contribution in [0.25, 0.3) is 6.08 Å². The highest BCUT2D eigenvalue weighted by atomic mass is 16.3. The van der Waals surface area contributed by atoms with Crippen LogP contribution in [0.5, 0.6) is 11.5 Å². The van der Waals surface area contributed by atoms with Crippen LogP contribution in [-0.4, -0.2) is 50.6 Å². The van der Waals surface area contributed by atoms with Crippen molar-refractivity contribution in [2.45, 2.75) is 50.5 Å². The molecule has 2 atom stereocenters. The molecule has 0 spiro atoms. The van der Waals surface area contributed by atoms with Crippen molar-refractivity contribution in [3.63, 3.8) is 0 Å². The number of nitrogens with zero attached hydrogens (tertiary/aromatic N) is 1. The Morgan fingerprint density at radius 1 is 1.15 bits per heavy atom. The van der Waals surface area contributed by atoms with Gasteiger partial charge in [0.05, 0.1) is 0 Å². The number of allylic oxidation sites excluding steroid dienone is 1. The molecule has 1 aromatic rings. The Morgan fingerprint density at radius 2 is 1.89 bits per heavy atom. The fraction of sp³-hybridized carbons (Fsp3) is 0.524. The van der Waals surface area contributed by atoms with Gasteiger partial charge in [0.2, 0.25) is 0 Å². The van der Waals surface area contributed by atoms with Crippen LogP contribution in [-0.2, 0) is 9.59 Å². The van der Waals surface area contributed by atoms with E-state index in [0.29, 0.717) is 31.5 Å². The summed E-state index contributed by atoms with van der Waals surface area (Å²) in [5.74, 6) is -0.705. The second-order valence-corrected chi connectivity index (χ2v) is 7.75. The van der Waals surface area contributed by atoms with E-state index in [1.165, 1.54) is 18.2 Å². The number of benzene rings is 1. The minimum absolute atomic E-state index is 0.0133. The Bertz CT molecular complexity index is 738. The van der Waals surface area contributed by atoms with E-state index < -0.39 is 5.60 Å². The first kappa shape index (κ1) is 19.4. The average Bonchev–Trinajstić information content (AvgIpc) is 3.16. The quantitative estimate of drug-likeness (QED) is 0.544. The summed E-state index contributed by atoms with van der Waals surface area (Å²) < 4.78 is 0. The molecule has 1 aromatic carbocycles. The van der Waals surface area contributed by atoms with E-state index in [1.54, 1.807) is 17.0 Å². The molecule has 6 nitrogen and oxygen atoms in total. The third-order valence-corrected chi connectivity index (χ3v) is 5.57. The molecule has 1 heterocycles. The SMILES string of the molecule is O=C(/C=C/c1ccc(O)c(O)c1)C[C@H]1CCCC(O)(C(=O)N2CCCC2)C1. The molecule has 0 aromatic heterocycles. The standard InChI is InChI=1S/C21H27NO5/c23-17(7-5-15-6-8-18(24)19(25)13-15)12-16-4-3-9-21(27,14-16)20(26)22-10-1-2-11-22/h5-8,13,16,24-25,27H,1-4,9-12,14H2/b7-5+/t16-,21?/m1/s1. The molecule has 146 valence electrons. The molecule has 3 rings (SSSR count). The zero-order valence-corrected chi connectivity index (χ0v) is 15.4. The van der Waals surface area contributed by atoms with Crippen LogP contribution in [0.1, 0.15) is 50.5 Å². The van der Waals surface area contributed by atoms with Gasteiger partial charge in [-0.25, -0.2) is 0 Å². The lowest BCUT2D eigenvalue weighted by molar-refractivity contribution is -0.155. The number of likely N-dealkylation sites (tertiary alicyclic amines) is 1. The van der Waals surface area contributed by atoms with Crippen LogP contribution in [0.3, 0.4) is 0 Å². The molecule has 27 heavy (non-hydrogen) atoms. The summed E-state index contributed by atoms with van der Waals surface area (Å²) in [6.07, 6.45) is 7.67. The van der Waals surface area contributed by atoms with Gasteiger partial charge in [-0.15, -0.1) is 0 Å². The molecule has 1 unspecified atom stereocenters. The summed E-state index contributed by atoms with van der Waals surface area (Å²) in [5.41, 5.74) is -0.719. The molecule has 6 heteroatoms. The van der Waals surface area contributed by atoms with Gasteiger partial charge >= 0.3 is 0 Å². The number of carbonyl (C=O) groups is 2. The zero-order chi connectivity index (χ0) is 19.4. The minimum Gasteiger partial charge on any atom is -0.504 e. The van der Waals surface area contributed by atoms with E-state index >= 15 is 0 Å². The normalized spacial score (nSPS) is 25.8. The van der Waals surface area contributed by atoms with Crippen molar-refractivity contribution in [3.8, 4) is 11.5 Å². The molecule has 1 aliphatic heterocycles. The number of carbonyl (C=O) groups excluding carboxylic acids is 2. The second kappa shape index (κ2) is 8.13. The first-order valence-corrected chi connectivity index (χ1v) is 9.62. The topological polar surface area (TPSA) is 98.1 Å². The number of amides is 1. The number of ketones is 1. The fourth-order valence-electron chi connectivity index (χ4n) is 4.13. The lowest BCUT2D eigenvalue weighted by Gasteiger charge is -2.37. The maximum absolute atomic E-state index is 12.7. The maximum atomic E-state index is 12.7. The number of hydrogen-bond acceptors (Lipinski definition) is 5. The van der Waals surface area contributed by atoms with E-state index in [-0.39, 0.29) is 35.5 Å². The maximum Gasteiger partial charge on any atom is 0.254 e. The number of phenols is 2. The fourth-order valence-corrected chi connectivity index (χ4v) is 4.13. The van der Waals surface area contributed by atoms with E-state index in [4.69, 9.17) is 0 Å². The van der Waals surface area contributed by atoms with E-state index in [1.807, 2.05) is 0 Å². The van der Waals surface area contributed by atoms with Gasteiger partial charge in [-0.05, 0) is 68.2 Å². The van der Waals surface area contributed by atoms with Crippen molar-refractivity contribution in [3.05, 3.63) is 29.8 Å². The van der Waals surface area contributed by atoms with Gasteiger partial charge in [0.25, 0.3) is 5.91 Å². The Hall–Kier alpha value is -2.34. The molecule has 1 saturated heterocycles. The van der Waals surface area contributed by atoms with Crippen molar-refractivity contribution in [2.75, 3.05) is 13.1 Å². The van der Waals surface area contributed by atoms with Crippen molar-refractivity contribution in [1.29, 1.82) is 0 Å². The molecule has 1 aliphatic carbocycles. The first-order chi connectivity index (χ1) is 12.9. The number of phenolic OH excluding ortho intramolecular Hbond substituents is 2. The lowest BCUT2D eigenvalue weighted by atomic mass is 9.75. The molecule has 2 fully saturated rings. The van der Waals surface area contributed by atoms with Gasteiger partial charge in [-0.1, -0.05) is 12.1 Å². The predicted molar refractivity (Wildman–Crippen MR) is 101 cm³/mol. The van der Waals surface area contributed by atoms with Crippen LogP contribution >= 0.6 is 0 Å². The van der Waals surface area contributed by atoms with Gasteiger partial charge in [0.15, 0.2) is 17.3 Å². The summed E-state index contributed by atoms with van der Waals surface area (Å²) in [6.45, 7) is 1.43. The average molecular weight is 373 g/mol. The number of hydrogen-bond donors (Lipinski definition) is 3. The molecule has 1 saturated carbocycles. The van der Waals surface area contributed by atoms with Gasteiger partial charge in [0.1, 0.15) is 5.60 Å². The Balaban J connectivity index is 1.57. The summed E-state index contributed by atoms with van der Waals surface area (Å²) in [6, 6.07) is 4.35. The van der Waals surface area contributed by atoms with Crippen molar-refractivity contribution < 1.29 is 24.9 Å². The molecule has 3 N–H and O–H groups in total. The molecular formula is C21H27NO5. The number of rotatable bonds is 5. The minimum atomic E-state index is -1.33. The predicted octanol–water partition coefficient (Wildman–Crippen LogP) is 2.61. The van der Waals surface area contributed by atoms with Gasteiger partial charge < -0.3 is 20.2 Å². The first-order valence-electron chi connectivity index (χ1n) is 9.62. The summed E-state index contributed by atoms with van der Waals surface area (Å²) in [4.78, 5) is 26.7. The van der Waals surface area contributed by atoms with Gasteiger partial charge in [-0.2, -0.15) is 0 Å². The van der Waals surface area contributed by atoms with Gasteiger partial charge in [0, 0.05) is 19.5 Å². The molecule has 1 amide bonds. The van der Waals surface area contributed by atoms with Crippen LogP contribution in [0.4, 0.5) is 0 Å². The lowest BCUT2D eigenvalue weighted by Crippen LogP contribution is -2.50. The van der Waals surface area contributed by atoms with Crippen molar-refractivity contribution in [1.82, 2.24) is 4.90 Å². The summed E-state index contributed by atoms with van der Waals surface area (Å²) >= 11 is 0. The Labute approximate surface area is 159 Å². The smallest absolute Gasteiger partial charge is 0.254 e. The van der Waals surface area contributed by atoms with Crippen LogP contribution in [0, 0.1) is 5.92 Å². The highest BCUT2D eigenvalue weighted by Crippen LogP contribution is 2.36. The Kier molecular flexibility index (Phi) is 5.85. The molecule has 0 radical (unpaired) electrons. The summed E-state index contributed by atoms with van der Waals surface area (Å²) in [5, 5.41) is 29.7. The molecular weight excluding hydrogens is 346 g/mol. The highest BCUT2D eigenvalue weighted by Gasteiger charge is 2.43. The van der Waals surface area contributed by atoms with Gasteiger partial charge in [-0.3, -0.25) is 9.59 Å². The zero-order valence-electron chi connectivity index (χ0n) is 15.4. The monoisotopic (exact) mass is 373 g/mol. The van der Waals surface area contributed by atoms with E-state index in [2.05, 4.69) is 0 Å². The molecule has 0 bridgehead atoms. The second-order valence-electron chi connectivity index (χ2n) is 7.75. The van der Waals surface area contributed by atoms with Crippen molar-refractivity contribution >= 4 is 17.8 Å². The number of aliphatic hydroxyl groups is 1. The third kappa shape index (κ3) is 4.69.